The highest BCUT2D eigenvalue weighted by Gasteiger charge is 2.16. The number of aromatic carboxylic acids is 1. The first-order valence-electron chi connectivity index (χ1n) is 5.28. The van der Waals surface area contributed by atoms with Crippen LogP contribution in [0.15, 0.2) is 6.07 Å². The first kappa shape index (κ1) is 13.0. The largest absolute Gasteiger partial charge is 0.492 e. The van der Waals surface area contributed by atoms with Crippen molar-refractivity contribution in [2.75, 3.05) is 13.2 Å². The molecule has 0 amide bonds. The highest BCUT2D eigenvalue weighted by molar-refractivity contribution is 7.14. The van der Waals surface area contributed by atoms with E-state index in [1.807, 2.05) is 6.92 Å². The molecular weight excluding hydrogens is 228 g/mol. The van der Waals surface area contributed by atoms with Gasteiger partial charge in [0.05, 0.1) is 6.61 Å². The Kier molecular flexibility index (Phi) is 5.28. The van der Waals surface area contributed by atoms with Gasteiger partial charge in [-0.15, -0.1) is 11.3 Å². The van der Waals surface area contributed by atoms with Crippen molar-refractivity contribution in [2.45, 2.75) is 26.2 Å². The van der Waals surface area contributed by atoms with Crippen molar-refractivity contribution in [2.24, 2.45) is 0 Å². The van der Waals surface area contributed by atoms with Gasteiger partial charge in [0, 0.05) is 17.9 Å². The van der Waals surface area contributed by atoms with Gasteiger partial charge in [0.1, 0.15) is 5.75 Å². The maximum Gasteiger partial charge on any atom is 0.349 e. The summed E-state index contributed by atoms with van der Waals surface area (Å²) in [5.41, 5.74) is 0. The van der Waals surface area contributed by atoms with Gasteiger partial charge in [0.2, 0.25) is 0 Å². The number of hydrogen-bond acceptors (Lipinski definition) is 4. The second-order valence-corrected chi connectivity index (χ2v) is 4.52. The summed E-state index contributed by atoms with van der Waals surface area (Å²) >= 11 is 1.26. The lowest BCUT2D eigenvalue weighted by molar-refractivity contribution is 0.0698. The van der Waals surface area contributed by atoms with Crippen LogP contribution in [0.4, 0.5) is 0 Å². The lowest BCUT2D eigenvalue weighted by Crippen LogP contribution is -2.02. The second kappa shape index (κ2) is 6.50. The number of rotatable bonds is 7. The fourth-order valence-electron chi connectivity index (χ4n) is 1.30. The lowest BCUT2D eigenvalue weighted by Gasteiger charge is -2.02. The van der Waals surface area contributed by atoms with Crippen LogP contribution in [0.5, 0.6) is 5.75 Å². The molecule has 1 aromatic rings. The van der Waals surface area contributed by atoms with Gasteiger partial charge in [0.15, 0.2) is 4.88 Å². The predicted molar refractivity (Wildman–Crippen MR) is 62.5 cm³/mol. The number of carboxylic acids is 1. The maximum absolute atomic E-state index is 11.0. The van der Waals surface area contributed by atoms with Gasteiger partial charge < -0.3 is 14.9 Å². The van der Waals surface area contributed by atoms with Crippen LogP contribution in [0.25, 0.3) is 0 Å². The smallest absolute Gasteiger partial charge is 0.349 e. The minimum Gasteiger partial charge on any atom is -0.492 e. The van der Waals surface area contributed by atoms with Crippen LogP contribution >= 0.6 is 11.3 Å². The quantitative estimate of drug-likeness (QED) is 0.721. The monoisotopic (exact) mass is 244 g/mol. The molecule has 5 heteroatoms. The van der Waals surface area contributed by atoms with Gasteiger partial charge in [-0.3, -0.25) is 0 Å². The molecule has 0 unspecified atom stereocenters. The molecule has 4 nitrogen and oxygen atoms in total. The summed E-state index contributed by atoms with van der Waals surface area (Å²) < 4.78 is 5.34. The van der Waals surface area contributed by atoms with E-state index in [2.05, 4.69) is 0 Å². The summed E-state index contributed by atoms with van der Waals surface area (Å²) in [6.45, 7) is 2.44. The highest BCUT2D eigenvalue weighted by Crippen LogP contribution is 2.30. The number of thiophene rings is 1. The summed E-state index contributed by atoms with van der Waals surface area (Å²) in [7, 11) is 0. The van der Waals surface area contributed by atoms with Gasteiger partial charge in [-0.1, -0.05) is 13.3 Å². The van der Waals surface area contributed by atoms with Crippen LogP contribution < -0.4 is 4.74 Å². The zero-order valence-corrected chi connectivity index (χ0v) is 10.0. The molecule has 0 saturated carbocycles. The summed E-state index contributed by atoms with van der Waals surface area (Å²) in [6.07, 6.45) is 2.36. The third-order valence-electron chi connectivity index (χ3n) is 2.00. The third-order valence-corrected chi connectivity index (χ3v) is 3.16. The van der Waals surface area contributed by atoms with E-state index in [4.69, 9.17) is 14.9 Å². The molecule has 0 atom stereocenters. The second-order valence-electron chi connectivity index (χ2n) is 3.39. The van der Waals surface area contributed by atoms with Crippen molar-refractivity contribution in [3.63, 3.8) is 0 Å². The van der Waals surface area contributed by atoms with E-state index < -0.39 is 5.97 Å². The molecule has 0 aromatic carbocycles. The van der Waals surface area contributed by atoms with Crippen molar-refractivity contribution in [1.82, 2.24) is 0 Å². The fraction of sp³-hybridized carbons (Fsp3) is 0.545. The number of carbonyl (C=O) groups is 1. The SMILES string of the molecule is CCCc1cc(OCCCO)c(C(=O)O)s1. The van der Waals surface area contributed by atoms with Gasteiger partial charge >= 0.3 is 5.97 Å². The Labute approximate surface area is 98.5 Å². The van der Waals surface area contributed by atoms with E-state index in [1.165, 1.54) is 11.3 Å². The zero-order chi connectivity index (χ0) is 12.0. The normalized spacial score (nSPS) is 10.4. The van der Waals surface area contributed by atoms with Crippen molar-refractivity contribution in [3.05, 3.63) is 15.8 Å². The number of carboxylic acid groups (broad SMARTS) is 1. The van der Waals surface area contributed by atoms with E-state index in [-0.39, 0.29) is 11.5 Å². The van der Waals surface area contributed by atoms with Crippen LogP contribution in [-0.4, -0.2) is 29.4 Å². The molecule has 0 spiro atoms. The topological polar surface area (TPSA) is 66.8 Å². The average molecular weight is 244 g/mol. The van der Waals surface area contributed by atoms with Gasteiger partial charge in [0.25, 0.3) is 0 Å². The van der Waals surface area contributed by atoms with Crippen molar-refractivity contribution < 1.29 is 19.7 Å². The molecule has 1 heterocycles. The summed E-state index contributed by atoms with van der Waals surface area (Å²) in [4.78, 5) is 12.2. The Morgan fingerprint density at radius 2 is 2.31 bits per heavy atom. The van der Waals surface area contributed by atoms with E-state index in [9.17, 15) is 4.79 Å². The fourth-order valence-corrected chi connectivity index (χ4v) is 2.34. The summed E-state index contributed by atoms with van der Waals surface area (Å²) in [5.74, 6) is -0.527. The maximum atomic E-state index is 11.0. The number of aliphatic hydroxyl groups excluding tert-OH is 1. The molecule has 0 radical (unpaired) electrons. The van der Waals surface area contributed by atoms with Crippen molar-refractivity contribution in [1.29, 1.82) is 0 Å². The van der Waals surface area contributed by atoms with E-state index in [1.54, 1.807) is 6.07 Å². The van der Waals surface area contributed by atoms with E-state index in [0.717, 1.165) is 17.7 Å². The average Bonchev–Trinajstić information content (AvgIpc) is 2.62. The number of aryl methyl sites for hydroxylation is 1. The van der Waals surface area contributed by atoms with Crippen molar-refractivity contribution in [3.8, 4) is 5.75 Å². The molecule has 0 aliphatic rings. The molecule has 2 N–H and O–H groups in total. The Hall–Kier alpha value is -1.07. The standard InChI is InChI=1S/C11H16O4S/c1-2-4-8-7-9(15-6-3-5-12)10(16-8)11(13)14/h7,12H,2-6H2,1H3,(H,13,14). The molecule has 0 aliphatic heterocycles. The molecule has 1 rings (SSSR count). The van der Waals surface area contributed by atoms with E-state index in [0.29, 0.717) is 18.8 Å². The lowest BCUT2D eigenvalue weighted by atomic mass is 10.3. The van der Waals surface area contributed by atoms with Crippen LogP contribution in [0, 0.1) is 0 Å². The number of ether oxygens (including phenoxy) is 1. The van der Waals surface area contributed by atoms with Gasteiger partial charge in [-0.2, -0.15) is 0 Å². The van der Waals surface area contributed by atoms with Gasteiger partial charge in [-0.05, 0) is 12.5 Å². The highest BCUT2D eigenvalue weighted by atomic mass is 32.1. The summed E-state index contributed by atoms with van der Waals surface area (Å²) in [6, 6.07) is 1.79. The van der Waals surface area contributed by atoms with E-state index >= 15 is 0 Å². The first-order chi connectivity index (χ1) is 7.69. The molecule has 90 valence electrons. The number of hydrogen-bond donors (Lipinski definition) is 2. The molecule has 0 bridgehead atoms. The Balaban J connectivity index is 2.74. The molecule has 16 heavy (non-hydrogen) atoms. The minimum atomic E-state index is -0.952. The Morgan fingerprint density at radius 3 is 2.88 bits per heavy atom. The zero-order valence-electron chi connectivity index (χ0n) is 9.23. The molecule has 0 aliphatic carbocycles. The Morgan fingerprint density at radius 1 is 1.56 bits per heavy atom. The third kappa shape index (κ3) is 3.50. The molecular formula is C11H16O4S. The molecule has 0 fully saturated rings. The van der Waals surface area contributed by atoms with Crippen LogP contribution in [0.2, 0.25) is 0 Å². The van der Waals surface area contributed by atoms with Crippen LogP contribution in [0.3, 0.4) is 0 Å². The first-order valence-corrected chi connectivity index (χ1v) is 6.10. The summed E-state index contributed by atoms with van der Waals surface area (Å²) in [5, 5.41) is 17.6. The Bertz CT molecular complexity index is 346. The van der Waals surface area contributed by atoms with Crippen LogP contribution in [0.1, 0.15) is 34.3 Å². The van der Waals surface area contributed by atoms with Gasteiger partial charge in [-0.25, -0.2) is 4.79 Å². The molecule has 0 saturated heterocycles. The van der Waals surface area contributed by atoms with Crippen LogP contribution in [-0.2, 0) is 6.42 Å². The minimum absolute atomic E-state index is 0.0500. The predicted octanol–water partition coefficient (Wildman–Crippen LogP) is 2.16. The number of aliphatic hydroxyl groups is 1. The van der Waals surface area contributed by atoms with Crippen molar-refractivity contribution >= 4 is 17.3 Å². The molecule has 1 aromatic heterocycles.